The van der Waals surface area contributed by atoms with Gasteiger partial charge >= 0.3 is 0 Å². The van der Waals surface area contributed by atoms with Gasteiger partial charge < -0.3 is 10.2 Å². The first-order valence-corrected chi connectivity index (χ1v) is 6.39. The molecule has 2 aromatic carbocycles. The first-order chi connectivity index (χ1) is 8.81. The Morgan fingerprint density at radius 3 is 2.11 bits per heavy atom. The van der Waals surface area contributed by atoms with Crippen LogP contribution in [0.25, 0.3) is 0 Å². The Morgan fingerprint density at radius 1 is 0.889 bits per heavy atom. The summed E-state index contributed by atoms with van der Waals surface area (Å²) < 4.78 is 0. The van der Waals surface area contributed by atoms with Crippen LogP contribution in [0.4, 0.5) is 11.4 Å². The fourth-order valence-corrected chi connectivity index (χ4v) is 1.91. The van der Waals surface area contributed by atoms with Crippen molar-refractivity contribution in [2.24, 2.45) is 0 Å². The summed E-state index contributed by atoms with van der Waals surface area (Å²) in [6, 6.07) is 19.1. The second-order valence-corrected chi connectivity index (χ2v) is 4.34. The first kappa shape index (κ1) is 12.7. The summed E-state index contributed by atoms with van der Waals surface area (Å²) in [5.74, 6) is 0. The van der Waals surface area contributed by atoms with Crippen LogP contribution in [0.3, 0.4) is 0 Å². The SMILES string of the molecule is CCNCc1ccc(N(C)c2ccccc2)cc1. The van der Waals surface area contributed by atoms with Crippen molar-refractivity contribution in [2.75, 3.05) is 18.5 Å². The molecule has 0 aliphatic carbocycles. The van der Waals surface area contributed by atoms with E-state index in [2.05, 4.69) is 72.7 Å². The molecular formula is C16H20N2. The molecule has 0 aliphatic heterocycles. The fraction of sp³-hybridized carbons (Fsp3) is 0.250. The molecule has 0 radical (unpaired) electrons. The standard InChI is InChI=1S/C16H20N2/c1-3-17-13-14-9-11-16(12-10-14)18(2)15-7-5-4-6-8-15/h4-12,17H,3,13H2,1-2H3. The van der Waals surface area contributed by atoms with Gasteiger partial charge in [0.05, 0.1) is 0 Å². The number of hydrogen-bond donors (Lipinski definition) is 1. The number of rotatable bonds is 5. The van der Waals surface area contributed by atoms with Crippen molar-refractivity contribution in [1.29, 1.82) is 0 Å². The van der Waals surface area contributed by atoms with Crippen LogP contribution in [0.15, 0.2) is 54.6 Å². The number of para-hydroxylation sites is 1. The molecule has 0 fully saturated rings. The van der Waals surface area contributed by atoms with Crippen LogP contribution in [-0.2, 0) is 6.54 Å². The summed E-state index contributed by atoms with van der Waals surface area (Å²) in [5, 5.41) is 3.33. The third-order valence-electron chi connectivity index (χ3n) is 3.05. The van der Waals surface area contributed by atoms with Gasteiger partial charge in [0.2, 0.25) is 0 Å². The quantitative estimate of drug-likeness (QED) is 0.859. The molecule has 2 heteroatoms. The van der Waals surface area contributed by atoms with Gasteiger partial charge in [-0.1, -0.05) is 37.3 Å². The van der Waals surface area contributed by atoms with E-state index in [1.807, 2.05) is 6.07 Å². The zero-order valence-corrected chi connectivity index (χ0v) is 11.1. The van der Waals surface area contributed by atoms with Gasteiger partial charge in [0.15, 0.2) is 0 Å². The smallest absolute Gasteiger partial charge is 0.0408 e. The summed E-state index contributed by atoms with van der Waals surface area (Å²) in [7, 11) is 2.09. The monoisotopic (exact) mass is 240 g/mol. The molecule has 0 saturated carbocycles. The zero-order valence-electron chi connectivity index (χ0n) is 11.1. The van der Waals surface area contributed by atoms with E-state index in [4.69, 9.17) is 0 Å². The van der Waals surface area contributed by atoms with Crippen molar-refractivity contribution in [1.82, 2.24) is 5.32 Å². The lowest BCUT2D eigenvalue weighted by Gasteiger charge is -2.19. The molecule has 1 N–H and O–H groups in total. The summed E-state index contributed by atoms with van der Waals surface area (Å²) in [4.78, 5) is 2.19. The van der Waals surface area contributed by atoms with E-state index in [0.717, 1.165) is 13.1 Å². The molecule has 0 unspecified atom stereocenters. The summed E-state index contributed by atoms with van der Waals surface area (Å²) in [5.41, 5.74) is 3.74. The van der Waals surface area contributed by atoms with Crippen molar-refractivity contribution in [3.05, 3.63) is 60.2 Å². The maximum absolute atomic E-state index is 3.33. The Morgan fingerprint density at radius 2 is 1.50 bits per heavy atom. The molecule has 2 rings (SSSR count). The molecule has 0 aliphatic rings. The molecule has 0 amide bonds. The molecule has 2 nitrogen and oxygen atoms in total. The van der Waals surface area contributed by atoms with Gasteiger partial charge in [0.25, 0.3) is 0 Å². The Kier molecular flexibility index (Phi) is 4.37. The average molecular weight is 240 g/mol. The van der Waals surface area contributed by atoms with Crippen LogP contribution in [0.5, 0.6) is 0 Å². The van der Waals surface area contributed by atoms with Crippen molar-refractivity contribution in [2.45, 2.75) is 13.5 Å². The van der Waals surface area contributed by atoms with Gasteiger partial charge in [-0.2, -0.15) is 0 Å². The van der Waals surface area contributed by atoms with Crippen LogP contribution in [0.2, 0.25) is 0 Å². The van der Waals surface area contributed by atoms with E-state index in [1.54, 1.807) is 0 Å². The molecule has 0 aromatic heterocycles. The minimum atomic E-state index is 0.936. The molecule has 0 saturated heterocycles. The molecule has 0 spiro atoms. The highest BCUT2D eigenvalue weighted by atomic mass is 15.1. The van der Waals surface area contributed by atoms with Gasteiger partial charge in [-0.05, 0) is 36.4 Å². The van der Waals surface area contributed by atoms with Crippen LogP contribution in [0, 0.1) is 0 Å². The lowest BCUT2D eigenvalue weighted by Crippen LogP contribution is -2.12. The second-order valence-electron chi connectivity index (χ2n) is 4.34. The predicted octanol–water partition coefficient (Wildman–Crippen LogP) is 3.56. The minimum Gasteiger partial charge on any atom is -0.345 e. The third-order valence-corrected chi connectivity index (χ3v) is 3.05. The van der Waals surface area contributed by atoms with Crippen LogP contribution in [-0.4, -0.2) is 13.6 Å². The average Bonchev–Trinajstić information content (AvgIpc) is 2.46. The Bertz CT molecular complexity index is 462. The van der Waals surface area contributed by atoms with Crippen LogP contribution in [0.1, 0.15) is 12.5 Å². The Hall–Kier alpha value is -1.80. The zero-order chi connectivity index (χ0) is 12.8. The Balaban J connectivity index is 2.09. The number of hydrogen-bond acceptors (Lipinski definition) is 2. The molecular weight excluding hydrogens is 220 g/mol. The van der Waals surface area contributed by atoms with Crippen molar-refractivity contribution in [3.63, 3.8) is 0 Å². The molecule has 2 aromatic rings. The van der Waals surface area contributed by atoms with E-state index < -0.39 is 0 Å². The van der Waals surface area contributed by atoms with E-state index in [-0.39, 0.29) is 0 Å². The highest BCUT2D eigenvalue weighted by molar-refractivity contribution is 5.62. The number of nitrogens with zero attached hydrogens (tertiary/aromatic N) is 1. The highest BCUT2D eigenvalue weighted by Gasteiger charge is 2.02. The maximum Gasteiger partial charge on any atom is 0.0408 e. The summed E-state index contributed by atoms with van der Waals surface area (Å²) >= 11 is 0. The first-order valence-electron chi connectivity index (χ1n) is 6.39. The van der Waals surface area contributed by atoms with Crippen molar-refractivity contribution in [3.8, 4) is 0 Å². The van der Waals surface area contributed by atoms with E-state index in [9.17, 15) is 0 Å². The molecule has 0 heterocycles. The predicted molar refractivity (Wildman–Crippen MR) is 78.3 cm³/mol. The normalized spacial score (nSPS) is 10.3. The number of benzene rings is 2. The van der Waals surface area contributed by atoms with Gasteiger partial charge in [-0.25, -0.2) is 0 Å². The van der Waals surface area contributed by atoms with E-state index in [1.165, 1.54) is 16.9 Å². The molecule has 18 heavy (non-hydrogen) atoms. The number of anilines is 2. The van der Waals surface area contributed by atoms with Crippen LogP contribution < -0.4 is 10.2 Å². The summed E-state index contributed by atoms with van der Waals surface area (Å²) in [6.07, 6.45) is 0. The largest absolute Gasteiger partial charge is 0.345 e. The molecule has 94 valence electrons. The van der Waals surface area contributed by atoms with Crippen molar-refractivity contribution >= 4 is 11.4 Å². The molecule has 0 atom stereocenters. The summed E-state index contributed by atoms with van der Waals surface area (Å²) in [6.45, 7) is 4.06. The minimum absolute atomic E-state index is 0.936. The fourth-order valence-electron chi connectivity index (χ4n) is 1.91. The number of nitrogens with one attached hydrogen (secondary N) is 1. The third kappa shape index (κ3) is 3.11. The van der Waals surface area contributed by atoms with E-state index in [0.29, 0.717) is 0 Å². The van der Waals surface area contributed by atoms with Gasteiger partial charge in [0.1, 0.15) is 0 Å². The second kappa shape index (κ2) is 6.22. The van der Waals surface area contributed by atoms with E-state index >= 15 is 0 Å². The van der Waals surface area contributed by atoms with Crippen LogP contribution >= 0.6 is 0 Å². The van der Waals surface area contributed by atoms with Crippen molar-refractivity contribution < 1.29 is 0 Å². The lowest BCUT2D eigenvalue weighted by molar-refractivity contribution is 0.727. The topological polar surface area (TPSA) is 15.3 Å². The van der Waals surface area contributed by atoms with Gasteiger partial charge in [-0.3, -0.25) is 0 Å². The van der Waals surface area contributed by atoms with Gasteiger partial charge in [-0.15, -0.1) is 0 Å². The van der Waals surface area contributed by atoms with Gasteiger partial charge in [0, 0.05) is 25.0 Å². The lowest BCUT2D eigenvalue weighted by atomic mass is 10.2. The Labute approximate surface area is 109 Å². The maximum atomic E-state index is 3.33. The molecule has 0 bridgehead atoms. The highest BCUT2D eigenvalue weighted by Crippen LogP contribution is 2.23.